The molecule has 0 aliphatic heterocycles. The smallest absolute Gasteiger partial charge is 0.128 e. The number of pyridine rings is 1. The van der Waals surface area contributed by atoms with Gasteiger partial charge in [-0.2, -0.15) is 0 Å². The molecule has 0 amide bonds. The van der Waals surface area contributed by atoms with Gasteiger partial charge in [0, 0.05) is 0 Å². The summed E-state index contributed by atoms with van der Waals surface area (Å²) in [6.07, 6.45) is 4.88. The van der Waals surface area contributed by atoms with Gasteiger partial charge < -0.3 is 4.79 Å². The van der Waals surface area contributed by atoms with Crippen LogP contribution in [0.3, 0.4) is 0 Å². The minimum atomic E-state index is -0.157. The molecule has 0 saturated heterocycles. The molecule has 0 radical (unpaired) electrons. The molecule has 0 aliphatic carbocycles. The maximum absolute atomic E-state index is 10.7. The minimum Gasteiger partial charge on any atom is -0.303 e. The Bertz CT molecular complexity index is 546. The van der Waals surface area contributed by atoms with Gasteiger partial charge in [0.2, 0.25) is 0 Å². The van der Waals surface area contributed by atoms with Crippen molar-refractivity contribution < 1.29 is 4.79 Å². The van der Waals surface area contributed by atoms with Crippen molar-refractivity contribution >= 4 is 18.4 Å². The lowest BCUT2D eigenvalue weighted by molar-refractivity contribution is -0.108. The Hall–Kier alpha value is -2.22. The Morgan fingerprint density at radius 2 is 1.78 bits per heavy atom. The molecule has 0 N–H and O–H groups in total. The number of nitrogens with zero attached hydrogens (tertiary/aromatic N) is 1. The molecule has 1 aromatic carbocycles. The number of hydrogen-bond acceptors (Lipinski definition) is 2. The van der Waals surface area contributed by atoms with Crippen molar-refractivity contribution in [3.63, 3.8) is 0 Å². The highest BCUT2D eigenvalue weighted by molar-refractivity contribution is 5.68. The molecule has 2 rings (SSSR count). The van der Waals surface area contributed by atoms with E-state index in [-0.39, 0.29) is 5.92 Å². The SMILES string of the molecule is CC(C=O)c1cccc(C=Cc2ccccc2)n1. The van der Waals surface area contributed by atoms with E-state index in [1.165, 1.54) is 0 Å². The Morgan fingerprint density at radius 3 is 2.50 bits per heavy atom. The molecule has 1 atom stereocenters. The molecule has 18 heavy (non-hydrogen) atoms. The number of aromatic nitrogens is 1. The van der Waals surface area contributed by atoms with Gasteiger partial charge in [-0.25, -0.2) is 0 Å². The molecule has 1 heterocycles. The summed E-state index contributed by atoms with van der Waals surface area (Å²) in [5.41, 5.74) is 2.80. The number of aldehydes is 1. The van der Waals surface area contributed by atoms with Gasteiger partial charge in [0.1, 0.15) is 6.29 Å². The quantitative estimate of drug-likeness (QED) is 0.761. The van der Waals surface area contributed by atoms with Crippen LogP contribution in [-0.4, -0.2) is 11.3 Å². The monoisotopic (exact) mass is 237 g/mol. The Labute approximate surface area is 107 Å². The third kappa shape index (κ3) is 3.14. The number of benzene rings is 1. The average Bonchev–Trinajstić information content (AvgIpc) is 2.45. The lowest BCUT2D eigenvalue weighted by Gasteiger charge is -2.03. The zero-order chi connectivity index (χ0) is 12.8. The fourth-order valence-corrected chi connectivity index (χ4v) is 1.63. The van der Waals surface area contributed by atoms with Crippen LogP contribution in [0.1, 0.15) is 29.8 Å². The van der Waals surface area contributed by atoms with Crippen molar-refractivity contribution in [1.82, 2.24) is 4.98 Å². The van der Waals surface area contributed by atoms with Crippen molar-refractivity contribution in [2.24, 2.45) is 0 Å². The van der Waals surface area contributed by atoms with Gasteiger partial charge in [-0.1, -0.05) is 49.4 Å². The summed E-state index contributed by atoms with van der Waals surface area (Å²) in [5.74, 6) is -0.157. The van der Waals surface area contributed by atoms with Crippen LogP contribution in [0.15, 0.2) is 48.5 Å². The van der Waals surface area contributed by atoms with Crippen molar-refractivity contribution in [2.45, 2.75) is 12.8 Å². The van der Waals surface area contributed by atoms with Crippen LogP contribution in [0.4, 0.5) is 0 Å². The summed E-state index contributed by atoms with van der Waals surface area (Å²) < 4.78 is 0. The van der Waals surface area contributed by atoms with E-state index in [1.807, 2.05) is 67.6 Å². The number of rotatable bonds is 4. The molecule has 2 aromatic rings. The van der Waals surface area contributed by atoms with Gasteiger partial charge >= 0.3 is 0 Å². The van der Waals surface area contributed by atoms with Gasteiger partial charge in [0.05, 0.1) is 17.3 Å². The van der Waals surface area contributed by atoms with Gasteiger partial charge in [0.25, 0.3) is 0 Å². The molecular formula is C16H15NO. The van der Waals surface area contributed by atoms with E-state index in [1.54, 1.807) is 0 Å². The molecule has 0 aliphatic rings. The zero-order valence-electron chi connectivity index (χ0n) is 10.3. The lowest BCUT2D eigenvalue weighted by Crippen LogP contribution is -1.98. The van der Waals surface area contributed by atoms with Crippen LogP contribution in [0.25, 0.3) is 12.2 Å². The van der Waals surface area contributed by atoms with Crippen LogP contribution in [0.5, 0.6) is 0 Å². The van der Waals surface area contributed by atoms with E-state index in [9.17, 15) is 4.79 Å². The summed E-state index contributed by atoms with van der Waals surface area (Å²) in [7, 11) is 0. The second-order valence-corrected chi connectivity index (χ2v) is 4.16. The summed E-state index contributed by atoms with van der Waals surface area (Å²) in [6, 6.07) is 15.8. The third-order valence-corrected chi connectivity index (χ3v) is 2.71. The van der Waals surface area contributed by atoms with Crippen LogP contribution in [-0.2, 0) is 4.79 Å². The second kappa shape index (κ2) is 5.92. The fourth-order valence-electron chi connectivity index (χ4n) is 1.63. The first-order valence-corrected chi connectivity index (χ1v) is 5.95. The van der Waals surface area contributed by atoms with Gasteiger partial charge in [-0.05, 0) is 23.8 Å². The van der Waals surface area contributed by atoms with Crippen LogP contribution >= 0.6 is 0 Å². The van der Waals surface area contributed by atoms with Crippen molar-refractivity contribution in [1.29, 1.82) is 0 Å². The van der Waals surface area contributed by atoms with Crippen LogP contribution in [0, 0.1) is 0 Å². The molecule has 1 aromatic heterocycles. The third-order valence-electron chi connectivity index (χ3n) is 2.71. The molecule has 0 spiro atoms. The van der Waals surface area contributed by atoms with Gasteiger partial charge in [-0.15, -0.1) is 0 Å². The number of hydrogen-bond donors (Lipinski definition) is 0. The summed E-state index contributed by atoms with van der Waals surface area (Å²) in [4.78, 5) is 15.2. The van der Waals surface area contributed by atoms with Crippen molar-refractivity contribution in [3.05, 3.63) is 65.5 Å². The van der Waals surface area contributed by atoms with Crippen LogP contribution in [0.2, 0.25) is 0 Å². The molecule has 0 fully saturated rings. The number of carbonyl (C=O) groups excluding carboxylic acids is 1. The fraction of sp³-hybridized carbons (Fsp3) is 0.125. The standard InChI is InChI=1S/C16H15NO/c1-13(12-18)16-9-5-8-15(17-16)11-10-14-6-3-2-4-7-14/h2-13H,1H3. The maximum Gasteiger partial charge on any atom is 0.128 e. The predicted molar refractivity (Wildman–Crippen MR) is 74.1 cm³/mol. The highest BCUT2D eigenvalue weighted by Crippen LogP contribution is 2.12. The Balaban J connectivity index is 2.19. The van der Waals surface area contributed by atoms with E-state index in [0.29, 0.717) is 0 Å². The normalized spacial score (nSPS) is 12.5. The highest BCUT2D eigenvalue weighted by atomic mass is 16.1. The molecule has 90 valence electrons. The Morgan fingerprint density at radius 1 is 1.00 bits per heavy atom. The summed E-state index contributed by atoms with van der Waals surface area (Å²) in [6.45, 7) is 1.85. The Kier molecular flexibility index (Phi) is 4.02. The highest BCUT2D eigenvalue weighted by Gasteiger charge is 2.04. The largest absolute Gasteiger partial charge is 0.303 e. The average molecular weight is 237 g/mol. The van der Waals surface area contributed by atoms with E-state index < -0.39 is 0 Å². The first kappa shape index (κ1) is 12.2. The molecule has 2 heteroatoms. The molecular weight excluding hydrogens is 222 g/mol. The topological polar surface area (TPSA) is 30.0 Å². The molecule has 1 unspecified atom stereocenters. The maximum atomic E-state index is 10.7. The van der Waals surface area contributed by atoms with Crippen molar-refractivity contribution in [2.75, 3.05) is 0 Å². The van der Waals surface area contributed by atoms with E-state index >= 15 is 0 Å². The van der Waals surface area contributed by atoms with Crippen molar-refractivity contribution in [3.8, 4) is 0 Å². The van der Waals surface area contributed by atoms with E-state index in [0.717, 1.165) is 23.2 Å². The summed E-state index contributed by atoms with van der Waals surface area (Å²) >= 11 is 0. The second-order valence-electron chi connectivity index (χ2n) is 4.16. The molecule has 0 bridgehead atoms. The van der Waals surface area contributed by atoms with E-state index in [2.05, 4.69) is 4.98 Å². The predicted octanol–water partition coefficient (Wildman–Crippen LogP) is 3.55. The molecule has 0 saturated carbocycles. The lowest BCUT2D eigenvalue weighted by atomic mass is 10.1. The summed E-state index contributed by atoms with van der Waals surface area (Å²) in [5, 5.41) is 0. The zero-order valence-corrected chi connectivity index (χ0v) is 10.3. The minimum absolute atomic E-state index is 0.157. The van der Waals surface area contributed by atoms with Crippen LogP contribution < -0.4 is 0 Å². The molecule has 2 nitrogen and oxygen atoms in total. The first-order valence-electron chi connectivity index (χ1n) is 5.95. The van der Waals surface area contributed by atoms with Gasteiger partial charge in [0.15, 0.2) is 0 Å². The van der Waals surface area contributed by atoms with E-state index in [4.69, 9.17) is 0 Å². The first-order chi connectivity index (χ1) is 8.79. The van der Waals surface area contributed by atoms with Gasteiger partial charge in [-0.3, -0.25) is 4.98 Å². The number of carbonyl (C=O) groups is 1.